The third-order valence-electron chi connectivity index (χ3n) is 5.24. The molecule has 2 aliphatic heterocycles. The van der Waals surface area contributed by atoms with Crippen molar-refractivity contribution < 1.29 is 9.59 Å². The van der Waals surface area contributed by atoms with Crippen LogP contribution < -0.4 is 5.32 Å². The summed E-state index contributed by atoms with van der Waals surface area (Å²) in [6.07, 6.45) is 2.74. The Hall–Kier alpha value is -1.99. The molecule has 0 aliphatic carbocycles. The van der Waals surface area contributed by atoms with Crippen molar-refractivity contribution in [2.75, 3.05) is 37.8 Å². The number of nitrogens with zero attached hydrogens (tertiary/aromatic N) is 3. The van der Waals surface area contributed by atoms with Crippen molar-refractivity contribution in [3.63, 3.8) is 0 Å². The van der Waals surface area contributed by atoms with Gasteiger partial charge in [0, 0.05) is 62.0 Å². The molecule has 1 N–H and O–H groups in total. The summed E-state index contributed by atoms with van der Waals surface area (Å²) in [5.74, 6) is 1.92. The number of fused-ring (bicyclic) bond motifs is 1. The topological polar surface area (TPSA) is 57.6 Å². The molecule has 1 aromatic heterocycles. The maximum Gasteiger partial charge on any atom is 0.256 e. The highest BCUT2D eigenvalue weighted by Crippen LogP contribution is 2.22. The molecule has 1 aromatic carbocycles. The van der Waals surface area contributed by atoms with Crippen LogP contribution in [0.4, 0.5) is 0 Å². The summed E-state index contributed by atoms with van der Waals surface area (Å²) in [5, 5.41) is 4.24. The second-order valence-corrected chi connectivity index (χ2v) is 7.94. The van der Waals surface area contributed by atoms with Crippen LogP contribution in [0.3, 0.4) is 0 Å². The average molecular weight is 372 g/mol. The Labute approximate surface area is 157 Å². The van der Waals surface area contributed by atoms with E-state index in [4.69, 9.17) is 0 Å². The third kappa shape index (κ3) is 3.21. The van der Waals surface area contributed by atoms with Crippen LogP contribution in [0.15, 0.2) is 30.5 Å². The van der Waals surface area contributed by atoms with Gasteiger partial charge in [-0.25, -0.2) is 0 Å². The van der Waals surface area contributed by atoms with E-state index in [-0.39, 0.29) is 17.9 Å². The Morgan fingerprint density at radius 2 is 1.88 bits per heavy atom. The Balaban J connectivity index is 1.48. The minimum Gasteiger partial charge on any atom is -0.350 e. The molecule has 26 heavy (non-hydrogen) atoms. The molecule has 7 heteroatoms. The van der Waals surface area contributed by atoms with E-state index >= 15 is 0 Å². The highest BCUT2D eigenvalue weighted by Gasteiger charge is 2.30. The fourth-order valence-electron chi connectivity index (χ4n) is 3.80. The molecule has 0 radical (unpaired) electrons. The van der Waals surface area contributed by atoms with Gasteiger partial charge in [-0.1, -0.05) is 18.2 Å². The number of carbonyl (C=O) groups excluding carboxylic acids is 2. The Morgan fingerprint density at radius 1 is 1.12 bits per heavy atom. The third-order valence-corrected chi connectivity index (χ3v) is 6.18. The van der Waals surface area contributed by atoms with Gasteiger partial charge in [0.05, 0.1) is 11.6 Å². The van der Waals surface area contributed by atoms with E-state index in [1.54, 1.807) is 11.8 Å². The van der Waals surface area contributed by atoms with Gasteiger partial charge in [0.15, 0.2) is 0 Å². The van der Waals surface area contributed by atoms with Gasteiger partial charge in [-0.05, 0) is 12.5 Å². The van der Waals surface area contributed by atoms with Crippen LogP contribution in [0.1, 0.15) is 16.8 Å². The maximum atomic E-state index is 13.1. The van der Waals surface area contributed by atoms with E-state index in [1.165, 1.54) is 0 Å². The number of para-hydroxylation sites is 1. The number of aryl methyl sites for hydroxylation is 1. The van der Waals surface area contributed by atoms with Crippen LogP contribution in [-0.2, 0) is 11.8 Å². The van der Waals surface area contributed by atoms with E-state index in [0.717, 1.165) is 41.1 Å². The Bertz CT molecular complexity index is 828. The van der Waals surface area contributed by atoms with E-state index in [1.807, 2.05) is 51.9 Å². The minimum atomic E-state index is -0.0691. The van der Waals surface area contributed by atoms with Gasteiger partial charge < -0.3 is 14.4 Å². The summed E-state index contributed by atoms with van der Waals surface area (Å²) in [4.78, 5) is 29.5. The van der Waals surface area contributed by atoms with Crippen LogP contribution in [0.5, 0.6) is 0 Å². The minimum absolute atomic E-state index is 0.0608. The predicted molar refractivity (Wildman–Crippen MR) is 104 cm³/mol. The SMILES string of the molecule is Cn1cc(C(=O)N2CCCN(C(=O)C3CSCN3)CC2)c2ccccc21. The van der Waals surface area contributed by atoms with Gasteiger partial charge >= 0.3 is 0 Å². The van der Waals surface area contributed by atoms with Crippen LogP contribution in [0.2, 0.25) is 0 Å². The van der Waals surface area contributed by atoms with Crippen LogP contribution in [-0.4, -0.2) is 70.0 Å². The van der Waals surface area contributed by atoms with Crippen LogP contribution >= 0.6 is 11.8 Å². The quantitative estimate of drug-likeness (QED) is 0.868. The van der Waals surface area contributed by atoms with Gasteiger partial charge in [-0.15, -0.1) is 11.8 Å². The van der Waals surface area contributed by atoms with Crippen molar-refractivity contribution in [1.82, 2.24) is 19.7 Å². The standard InChI is InChI=1S/C19H24N4O2S/c1-21-11-15(14-5-2-3-6-17(14)21)18(24)22-7-4-8-23(10-9-22)19(25)16-12-26-13-20-16/h2-3,5-6,11,16,20H,4,7-10,12-13H2,1H3. The highest BCUT2D eigenvalue weighted by molar-refractivity contribution is 7.99. The first-order chi connectivity index (χ1) is 12.6. The first-order valence-corrected chi connectivity index (χ1v) is 10.2. The van der Waals surface area contributed by atoms with E-state index in [0.29, 0.717) is 19.6 Å². The van der Waals surface area contributed by atoms with Gasteiger partial charge in [-0.2, -0.15) is 0 Å². The number of amides is 2. The number of thioether (sulfide) groups is 1. The lowest BCUT2D eigenvalue weighted by atomic mass is 10.1. The average Bonchev–Trinajstić information content (AvgIpc) is 3.23. The number of rotatable bonds is 2. The Morgan fingerprint density at radius 3 is 2.69 bits per heavy atom. The molecule has 1 unspecified atom stereocenters. The van der Waals surface area contributed by atoms with E-state index < -0.39 is 0 Å². The smallest absolute Gasteiger partial charge is 0.256 e. The zero-order valence-corrected chi connectivity index (χ0v) is 15.8. The molecule has 3 heterocycles. The summed E-state index contributed by atoms with van der Waals surface area (Å²) in [6.45, 7) is 2.62. The zero-order valence-electron chi connectivity index (χ0n) is 15.0. The largest absolute Gasteiger partial charge is 0.350 e. The molecule has 138 valence electrons. The van der Waals surface area contributed by atoms with Crippen molar-refractivity contribution in [2.24, 2.45) is 7.05 Å². The lowest BCUT2D eigenvalue weighted by molar-refractivity contribution is -0.132. The van der Waals surface area contributed by atoms with Gasteiger partial charge in [0.2, 0.25) is 5.91 Å². The fourth-order valence-corrected chi connectivity index (χ4v) is 4.73. The number of aromatic nitrogens is 1. The molecule has 2 aliphatic rings. The lowest BCUT2D eigenvalue weighted by Gasteiger charge is -2.24. The second kappa shape index (κ2) is 7.32. The monoisotopic (exact) mass is 372 g/mol. The maximum absolute atomic E-state index is 13.1. The number of benzene rings is 1. The van der Waals surface area contributed by atoms with Crippen molar-refractivity contribution in [2.45, 2.75) is 12.5 Å². The normalized spacial score (nSPS) is 21.2. The van der Waals surface area contributed by atoms with E-state index in [9.17, 15) is 9.59 Å². The molecule has 4 rings (SSSR count). The summed E-state index contributed by atoms with van der Waals surface area (Å²) in [7, 11) is 1.97. The molecule has 2 fully saturated rings. The molecule has 1 atom stereocenters. The fraction of sp³-hybridized carbons (Fsp3) is 0.474. The van der Waals surface area contributed by atoms with Gasteiger partial charge in [-0.3, -0.25) is 14.9 Å². The second-order valence-electron chi connectivity index (χ2n) is 6.91. The summed E-state index contributed by atoms with van der Waals surface area (Å²) < 4.78 is 2.00. The number of hydrogen-bond donors (Lipinski definition) is 1. The molecular weight excluding hydrogens is 348 g/mol. The summed E-state index contributed by atoms with van der Waals surface area (Å²) in [5.41, 5.74) is 1.81. The summed E-state index contributed by atoms with van der Waals surface area (Å²) >= 11 is 1.76. The van der Waals surface area contributed by atoms with Crippen molar-refractivity contribution in [3.05, 3.63) is 36.0 Å². The van der Waals surface area contributed by atoms with E-state index in [2.05, 4.69) is 5.32 Å². The highest BCUT2D eigenvalue weighted by atomic mass is 32.2. The van der Waals surface area contributed by atoms with Crippen molar-refractivity contribution >= 4 is 34.5 Å². The number of carbonyl (C=O) groups is 2. The Kier molecular flexibility index (Phi) is 4.91. The first-order valence-electron chi connectivity index (χ1n) is 9.08. The molecule has 2 saturated heterocycles. The summed E-state index contributed by atoms with van der Waals surface area (Å²) in [6, 6.07) is 7.91. The van der Waals surface area contributed by atoms with Crippen molar-refractivity contribution in [3.8, 4) is 0 Å². The number of hydrogen-bond acceptors (Lipinski definition) is 4. The number of nitrogens with one attached hydrogen (secondary N) is 1. The molecule has 2 amide bonds. The molecule has 6 nitrogen and oxygen atoms in total. The van der Waals surface area contributed by atoms with Crippen LogP contribution in [0, 0.1) is 0 Å². The lowest BCUT2D eigenvalue weighted by Crippen LogP contribution is -2.46. The zero-order chi connectivity index (χ0) is 18.1. The first kappa shape index (κ1) is 17.4. The van der Waals surface area contributed by atoms with Crippen LogP contribution in [0.25, 0.3) is 10.9 Å². The predicted octanol–water partition coefficient (Wildman–Crippen LogP) is 1.52. The molecule has 2 aromatic rings. The van der Waals surface area contributed by atoms with Crippen molar-refractivity contribution in [1.29, 1.82) is 0 Å². The van der Waals surface area contributed by atoms with Gasteiger partial charge in [0.1, 0.15) is 0 Å². The molecular formula is C19H24N4O2S. The van der Waals surface area contributed by atoms with Gasteiger partial charge in [0.25, 0.3) is 5.91 Å². The molecule has 0 spiro atoms. The molecule has 0 bridgehead atoms. The molecule has 0 saturated carbocycles.